The number of nitrogens with zero attached hydrogens (tertiary/aromatic N) is 2. The predicted molar refractivity (Wildman–Crippen MR) is 87.1 cm³/mol. The number of hydrogen-bond acceptors (Lipinski definition) is 3. The number of rotatable bonds is 2. The first-order valence-corrected chi connectivity index (χ1v) is 7.16. The Kier molecular flexibility index (Phi) is 3.13. The summed E-state index contributed by atoms with van der Waals surface area (Å²) in [5.41, 5.74) is 1.72. The molecule has 0 aliphatic carbocycles. The number of carbonyl (C=O) groups is 1. The maximum Gasteiger partial charge on any atom is 0.297 e. The summed E-state index contributed by atoms with van der Waals surface area (Å²) in [5.74, 6) is -1.30. The lowest BCUT2D eigenvalue weighted by atomic mass is 10.2. The van der Waals surface area contributed by atoms with E-state index < -0.39 is 11.7 Å². The predicted octanol–water partition coefficient (Wildman–Crippen LogP) is 4.42. The van der Waals surface area contributed by atoms with Gasteiger partial charge in [-0.05, 0) is 24.3 Å². The minimum absolute atomic E-state index is 0.0256. The average Bonchev–Trinajstić information content (AvgIpc) is 3.13. The minimum Gasteiger partial charge on any atom is -0.493 e. The standard InChI is InChI=1S/C17H11FN4O2/c18-9-5-6-14-11(7-9)15(17(24)20-14)21-22-16(23)12-8-19-13-4-2-1-3-10(12)13/h1-8,19-20,24H. The second-order valence-corrected chi connectivity index (χ2v) is 5.27. The molecule has 0 fully saturated rings. The van der Waals surface area contributed by atoms with Crippen molar-refractivity contribution in [1.82, 2.24) is 9.97 Å². The molecule has 0 atom stereocenters. The van der Waals surface area contributed by atoms with E-state index in [0.717, 1.165) is 10.9 Å². The number of nitrogens with one attached hydrogen (secondary N) is 2. The molecule has 0 saturated carbocycles. The van der Waals surface area contributed by atoms with Crippen molar-refractivity contribution in [1.29, 1.82) is 0 Å². The van der Waals surface area contributed by atoms with E-state index in [9.17, 15) is 14.3 Å². The first kappa shape index (κ1) is 14.1. The van der Waals surface area contributed by atoms with Gasteiger partial charge in [0.05, 0.1) is 11.1 Å². The molecule has 0 saturated heterocycles. The molecule has 24 heavy (non-hydrogen) atoms. The fourth-order valence-electron chi connectivity index (χ4n) is 2.63. The average molecular weight is 322 g/mol. The third-order valence-electron chi connectivity index (χ3n) is 3.77. The summed E-state index contributed by atoms with van der Waals surface area (Å²) < 4.78 is 13.4. The van der Waals surface area contributed by atoms with E-state index in [0.29, 0.717) is 16.5 Å². The zero-order valence-corrected chi connectivity index (χ0v) is 12.2. The van der Waals surface area contributed by atoms with Gasteiger partial charge in [-0.15, -0.1) is 10.2 Å². The van der Waals surface area contributed by atoms with Crippen molar-refractivity contribution in [3.63, 3.8) is 0 Å². The fraction of sp³-hybridized carbons (Fsp3) is 0. The quantitative estimate of drug-likeness (QED) is 0.477. The van der Waals surface area contributed by atoms with E-state index in [4.69, 9.17) is 0 Å². The van der Waals surface area contributed by atoms with Gasteiger partial charge in [0.2, 0.25) is 5.88 Å². The Labute approximate surface area is 134 Å². The molecule has 2 aromatic heterocycles. The van der Waals surface area contributed by atoms with Gasteiger partial charge in [-0.1, -0.05) is 18.2 Å². The number of hydrogen-bond donors (Lipinski definition) is 3. The molecule has 118 valence electrons. The van der Waals surface area contributed by atoms with Gasteiger partial charge in [0.25, 0.3) is 5.91 Å². The third-order valence-corrected chi connectivity index (χ3v) is 3.77. The third kappa shape index (κ3) is 2.23. The lowest BCUT2D eigenvalue weighted by molar-refractivity contribution is 0.0996. The van der Waals surface area contributed by atoms with Gasteiger partial charge >= 0.3 is 0 Å². The highest BCUT2D eigenvalue weighted by atomic mass is 19.1. The Morgan fingerprint density at radius 2 is 1.92 bits per heavy atom. The summed E-state index contributed by atoms with van der Waals surface area (Å²) in [6.45, 7) is 0. The number of para-hydroxylation sites is 1. The second-order valence-electron chi connectivity index (χ2n) is 5.27. The molecular formula is C17H11FN4O2. The molecule has 2 heterocycles. The Balaban J connectivity index is 1.74. The van der Waals surface area contributed by atoms with Crippen LogP contribution in [0.4, 0.5) is 10.1 Å². The highest BCUT2D eigenvalue weighted by molar-refractivity contribution is 6.07. The van der Waals surface area contributed by atoms with E-state index >= 15 is 0 Å². The van der Waals surface area contributed by atoms with Gasteiger partial charge in [0, 0.05) is 22.5 Å². The number of halogens is 1. The summed E-state index contributed by atoms with van der Waals surface area (Å²) in [7, 11) is 0. The molecule has 2 aromatic carbocycles. The summed E-state index contributed by atoms with van der Waals surface area (Å²) in [5, 5.41) is 18.4. The van der Waals surface area contributed by atoms with Crippen molar-refractivity contribution in [2.24, 2.45) is 10.2 Å². The number of benzene rings is 2. The van der Waals surface area contributed by atoms with E-state index in [1.807, 2.05) is 18.2 Å². The van der Waals surface area contributed by atoms with E-state index in [-0.39, 0.29) is 11.6 Å². The maximum atomic E-state index is 13.4. The molecule has 0 aliphatic heterocycles. The van der Waals surface area contributed by atoms with Crippen molar-refractivity contribution in [2.45, 2.75) is 0 Å². The zero-order valence-electron chi connectivity index (χ0n) is 12.2. The number of carbonyl (C=O) groups excluding carboxylic acids is 1. The normalized spacial score (nSPS) is 11.7. The number of aromatic nitrogens is 2. The van der Waals surface area contributed by atoms with Crippen LogP contribution in [-0.4, -0.2) is 21.0 Å². The summed E-state index contributed by atoms with van der Waals surface area (Å²) in [4.78, 5) is 17.9. The molecule has 4 aromatic rings. The van der Waals surface area contributed by atoms with Gasteiger partial charge in [0.1, 0.15) is 5.82 Å². The summed E-state index contributed by atoms with van der Waals surface area (Å²) >= 11 is 0. The lowest BCUT2D eigenvalue weighted by Crippen LogP contribution is -1.91. The second kappa shape index (κ2) is 5.31. The smallest absolute Gasteiger partial charge is 0.297 e. The van der Waals surface area contributed by atoms with Crippen LogP contribution in [0.2, 0.25) is 0 Å². The topological polar surface area (TPSA) is 93.6 Å². The molecule has 4 rings (SSSR count). The van der Waals surface area contributed by atoms with Gasteiger partial charge in [-0.2, -0.15) is 0 Å². The zero-order chi connectivity index (χ0) is 16.7. The molecular weight excluding hydrogens is 311 g/mol. The van der Waals surface area contributed by atoms with E-state index in [1.165, 1.54) is 18.2 Å². The Morgan fingerprint density at radius 1 is 1.08 bits per heavy atom. The lowest BCUT2D eigenvalue weighted by Gasteiger charge is -1.94. The number of aromatic hydroxyl groups is 1. The molecule has 0 radical (unpaired) electrons. The van der Waals surface area contributed by atoms with Crippen LogP contribution in [0, 0.1) is 5.82 Å². The molecule has 0 unspecified atom stereocenters. The van der Waals surface area contributed by atoms with Crippen LogP contribution in [0.3, 0.4) is 0 Å². The first-order chi connectivity index (χ1) is 11.6. The van der Waals surface area contributed by atoms with Gasteiger partial charge < -0.3 is 15.1 Å². The minimum atomic E-state index is -0.558. The van der Waals surface area contributed by atoms with Crippen molar-refractivity contribution in [3.8, 4) is 5.88 Å². The van der Waals surface area contributed by atoms with Crippen LogP contribution < -0.4 is 0 Å². The number of amides is 1. The number of azo groups is 1. The van der Waals surface area contributed by atoms with Crippen molar-refractivity contribution < 1.29 is 14.3 Å². The van der Waals surface area contributed by atoms with Crippen molar-refractivity contribution in [2.75, 3.05) is 0 Å². The van der Waals surface area contributed by atoms with Crippen molar-refractivity contribution >= 4 is 33.4 Å². The van der Waals surface area contributed by atoms with E-state index in [2.05, 4.69) is 20.2 Å². The maximum absolute atomic E-state index is 13.4. The molecule has 1 amide bonds. The van der Waals surface area contributed by atoms with Gasteiger partial charge in [0.15, 0.2) is 5.69 Å². The van der Waals surface area contributed by atoms with Gasteiger partial charge in [-0.3, -0.25) is 4.79 Å². The van der Waals surface area contributed by atoms with Crippen molar-refractivity contribution in [3.05, 3.63) is 60.0 Å². The van der Waals surface area contributed by atoms with Crippen LogP contribution in [0.15, 0.2) is 58.9 Å². The number of H-pyrrole nitrogens is 2. The molecule has 0 spiro atoms. The highest BCUT2D eigenvalue weighted by Gasteiger charge is 2.14. The number of fused-ring (bicyclic) bond motifs is 2. The summed E-state index contributed by atoms with van der Waals surface area (Å²) in [6, 6.07) is 11.3. The summed E-state index contributed by atoms with van der Waals surface area (Å²) in [6.07, 6.45) is 1.56. The van der Waals surface area contributed by atoms with Crippen LogP contribution in [0.1, 0.15) is 10.4 Å². The highest BCUT2D eigenvalue weighted by Crippen LogP contribution is 2.36. The Bertz CT molecular complexity index is 1110. The van der Waals surface area contributed by atoms with E-state index in [1.54, 1.807) is 12.3 Å². The van der Waals surface area contributed by atoms with Crippen LogP contribution in [-0.2, 0) is 0 Å². The van der Waals surface area contributed by atoms with Crippen LogP contribution >= 0.6 is 0 Å². The van der Waals surface area contributed by atoms with Gasteiger partial charge in [-0.25, -0.2) is 4.39 Å². The monoisotopic (exact) mass is 322 g/mol. The Hall–Kier alpha value is -3.48. The Morgan fingerprint density at radius 3 is 2.79 bits per heavy atom. The van der Waals surface area contributed by atoms with Crippen LogP contribution in [0.25, 0.3) is 21.8 Å². The molecule has 3 N–H and O–H groups in total. The largest absolute Gasteiger partial charge is 0.493 e. The number of aromatic amines is 2. The molecule has 0 aliphatic rings. The molecule has 7 heteroatoms. The fourth-order valence-corrected chi connectivity index (χ4v) is 2.63. The molecule has 0 bridgehead atoms. The SMILES string of the molecule is O=C(N=Nc1c(O)[nH]c2ccc(F)cc12)c1c[nH]c2ccccc12. The van der Waals surface area contributed by atoms with Crippen LogP contribution in [0.5, 0.6) is 5.88 Å². The first-order valence-electron chi connectivity index (χ1n) is 7.16. The molecule has 6 nitrogen and oxygen atoms in total.